The average molecular weight is 692 g/mol. The van der Waals surface area contributed by atoms with Crippen LogP contribution in [0.25, 0.3) is 11.1 Å². The monoisotopic (exact) mass is 691 g/mol. The number of fused-ring (bicyclic) bond motifs is 2. The van der Waals surface area contributed by atoms with Gasteiger partial charge >= 0.3 is 0 Å². The molecule has 7 rings (SSSR count). The lowest BCUT2D eigenvalue weighted by molar-refractivity contribution is -0.0458. The fourth-order valence-corrected chi connectivity index (χ4v) is 7.51. The van der Waals surface area contributed by atoms with Crippen molar-refractivity contribution >= 4 is 23.2 Å². The molecule has 1 N–H and O–H groups in total. The van der Waals surface area contributed by atoms with E-state index in [0.717, 1.165) is 49.3 Å². The van der Waals surface area contributed by atoms with Gasteiger partial charge in [0.2, 0.25) is 5.95 Å². The first-order valence-corrected chi connectivity index (χ1v) is 17.8. The number of morpholine rings is 1. The third-order valence-electron chi connectivity index (χ3n) is 10.0. The van der Waals surface area contributed by atoms with Gasteiger partial charge < -0.3 is 24.3 Å². The van der Waals surface area contributed by atoms with Crippen molar-refractivity contribution in [1.29, 1.82) is 0 Å². The third-order valence-corrected chi connectivity index (χ3v) is 10.3. The highest BCUT2D eigenvalue weighted by molar-refractivity contribution is 6.32. The van der Waals surface area contributed by atoms with E-state index in [2.05, 4.69) is 34.9 Å². The summed E-state index contributed by atoms with van der Waals surface area (Å²) in [5.41, 5.74) is 2.47. The predicted molar refractivity (Wildman–Crippen MR) is 185 cm³/mol. The molecule has 262 valence electrons. The van der Waals surface area contributed by atoms with Gasteiger partial charge in [0.15, 0.2) is 0 Å². The van der Waals surface area contributed by atoms with E-state index in [1.54, 1.807) is 30.5 Å². The lowest BCUT2D eigenvalue weighted by Gasteiger charge is -2.43. The number of rotatable bonds is 14. The van der Waals surface area contributed by atoms with Crippen LogP contribution in [0, 0.1) is 0 Å². The average Bonchev–Trinajstić information content (AvgIpc) is 3.84. The maximum absolute atomic E-state index is 6.48. The molecular weight excluding hydrogens is 646 g/mol. The van der Waals surface area contributed by atoms with Crippen LogP contribution in [0.4, 0.5) is 11.6 Å². The largest absolute Gasteiger partial charge is 0.487 e. The van der Waals surface area contributed by atoms with Gasteiger partial charge in [0.25, 0.3) is 5.88 Å². The molecule has 1 aliphatic carbocycles. The quantitative estimate of drug-likeness (QED) is 0.169. The number of nitrogens with zero attached hydrogens (tertiary/aromatic N) is 8. The zero-order chi connectivity index (χ0) is 33.7. The van der Waals surface area contributed by atoms with Crippen LogP contribution in [0.1, 0.15) is 64.8 Å². The molecule has 14 heteroatoms. The number of aromatic nitrogens is 7. The van der Waals surface area contributed by atoms with Crippen molar-refractivity contribution < 1.29 is 18.9 Å². The molecule has 3 aliphatic rings. The molecule has 0 unspecified atom stereocenters. The van der Waals surface area contributed by atoms with E-state index < -0.39 is 0 Å². The van der Waals surface area contributed by atoms with Crippen LogP contribution in [-0.4, -0.2) is 96.7 Å². The van der Waals surface area contributed by atoms with E-state index in [9.17, 15) is 0 Å². The van der Waals surface area contributed by atoms with Gasteiger partial charge in [-0.05, 0) is 70.1 Å². The van der Waals surface area contributed by atoms with E-state index in [1.165, 1.54) is 32.0 Å². The summed E-state index contributed by atoms with van der Waals surface area (Å²) < 4.78 is 27.4. The number of methoxy groups -OCH3 is 1. The van der Waals surface area contributed by atoms with Crippen molar-refractivity contribution in [1.82, 2.24) is 39.4 Å². The molecule has 49 heavy (non-hydrogen) atoms. The molecular formula is C35H46ClN9O4. The maximum atomic E-state index is 6.48. The molecule has 2 aliphatic heterocycles. The molecule has 0 radical (unpaired) electrons. The van der Waals surface area contributed by atoms with Crippen LogP contribution in [0.2, 0.25) is 5.02 Å². The third kappa shape index (κ3) is 8.01. The Kier molecular flexibility index (Phi) is 10.6. The van der Waals surface area contributed by atoms with Gasteiger partial charge in [-0.2, -0.15) is 5.10 Å². The normalized spacial score (nSPS) is 23.7. The standard InChI is InChI=1S/C35H46ClN9O4/c1-23(46-3)12-13-48-34-32(18-44(42-34)27-5-7-28(8-6-27)45-29-9-10-30(45)20-47-19-29)41-35-38-15-26(16-39-35)25-4-11-31(36)33(14-25)49-24(2)17-43-22-37-21-40-43/h4,11,14-16,18,21-24,27-30H,5-10,12-13,17,19-20H2,1-3H3,(H,38,39,41)/t23-,24-,27-,28-,29-,30+/m0/s1. The topological polar surface area (TPSA) is 127 Å². The summed E-state index contributed by atoms with van der Waals surface area (Å²) in [5, 5.41) is 13.0. The Balaban J connectivity index is 1.02. The molecule has 1 aromatic carbocycles. The molecule has 1 saturated carbocycles. The van der Waals surface area contributed by atoms with E-state index in [-0.39, 0.29) is 12.2 Å². The molecule has 3 aromatic heterocycles. The lowest BCUT2D eigenvalue weighted by Crippen LogP contribution is -2.52. The number of nitrogens with one attached hydrogen (secondary N) is 1. The fourth-order valence-electron chi connectivity index (χ4n) is 7.35. The van der Waals surface area contributed by atoms with Crippen LogP contribution in [-0.2, 0) is 16.0 Å². The van der Waals surface area contributed by atoms with Crippen LogP contribution in [0.3, 0.4) is 0 Å². The van der Waals surface area contributed by atoms with E-state index in [0.29, 0.717) is 59.9 Å². The smallest absolute Gasteiger partial charge is 0.256 e. The van der Waals surface area contributed by atoms with Crippen LogP contribution < -0.4 is 14.8 Å². The SMILES string of the molecule is CO[C@@H](C)CCOc1nn([C@H]2CC[C@H](N3[C@@H]4CC[C@H]3COC4)CC2)cc1Nc1ncc(-c2ccc(Cl)c(O[C@@H](C)Cn3cncn3)c2)cn1. The second kappa shape index (κ2) is 15.4. The first-order chi connectivity index (χ1) is 23.9. The first kappa shape index (κ1) is 33.7. The summed E-state index contributed by atoms with van der Waals surface area (Å²) in [7, 11) is 1.71. The summed E-state index contributed by atoms with van der Waals surface area (Å²) in [4.78, 5) is 16.0. The Morgan fingerprint density at radius 3 is 2.41 bits per heavy atom. The van der Waals surface area contributed by atoms with Crippen molar-refractivity contribution in [3.8, 4) is 22.8 Å². The fraction of sp³-hybridized carbons (Fsp3) is 0.571. The molecule has 0 spiro atoms. The number of hydrogen-bond donors (Lipinski definition) is 1. The van der Waals surface area contributed by atoms with Crippen LogP contribution >= 0.6 is 11.6 Å². The second-order valence-electron chi connectivity index (χ2n) is 13.5. The molecule has 2 bridgehead atoms. The minimum atomic E-state index is -0.165. The Hall–Kier alpha value is -3.78. The highest BCUT2D eigenvalue weighted by Gasteiger charge is 2.42. The van der Waals surface area contributed by atoms with Crippen LogP contribution in [0.5, 0.6) is 11.6 Å². The van der Waals surface area contributed by atoms with Crippen LogP contribution in [0.15, 0.2) is 49.4 Å². The maximum Gasteiger partial charge on any atom is 0.256 e. The summed E-state index contributed by atoms with van der Waals surface area (Å²) in [6.07, 6.45) is 16.5. The van der Waals surface area contributed by atoms with Crippen molar-refractivity contribution in [3.05, 3.63) is 54.5 Å². The molecule has 3 fully saturated rings. The highest BCUT2D eigenvalue weighted by Crippen LogP contribution is 2.39. The Morgan fingerprint density at radius 1 is 0.959 bits per heavy atom. The lowest BCUT2D eigenvalue weighted by atomic mass is 9.89. The zero-order valence-corrected chi connectivity index (χ0v) is 29.2. The Morgan fingerprint density at radius 2 is 1.69 bits per heavy atom. The zero-order valence-electron chi connectivity index (χ0n) is 28.4. The minimum Gasteiger partial charge on any atom is -0.487 e. The van der Waals surface area contributed by atoms with E-state index >= 15 is 0 Å². The molecule has 4 aromatic rings. The predicted octanol–water partition coefficient (Wildman–Crippen LogP) is 5.95. The van der Waals surface area contributed by atoms with Crippen molar-refractivity contribution in [3.63, 3.8) is 0 Å². The highest BCUT2D eigenvalue weighted by atomic mass is 35.5. The molecule has 4 atom stereocenters. The number of halogens is 1. The van der Waals surface area contributed by atoms with Gasteiger partial charge in [-0.1, -0.05) is 17.7 Å². The van der Waals surface area contributed by atoms with Crippen molar-refractivity contribution in [2.24, 2.45) is 0 Å². The van der Waals surface area contributed by atoms with Gasteiger partial charge in [0.1, 0.15) is 30.2 Å². The first-order valence-electron chi connectivity index (χ1n) is 17.4. The molecule has 2 saturated heterocycles. The van der Waals surface area contributed by atoms with Crippen molar-refractivity contribution in [2.45, 2.75) is 102 Å². The van der Waals surface area contributed by atoms with Gasteiger partial charge in [0.05, 0.1) is 49.7 Å². The number of benzene rings is 1. The summed E-state index contributed by atoms with van der Waals surface area (Å²) in [5.74, 6) is 1.58. The van der Waals surface area contributed by atoms with Crippen molar-refractivity contribution in [2.75, 3.05) is 32.2 Å². The summed E-state index contributed by atoms with van der Waals surface area (Å²) in [6.45, 7) is 6.81. The van der Waals surface area contributed by atoms with Gasteiger partial charge in [-0.25, -0.2) is 19.6 Å². The van der Waals surface area contributed by atoms with Gasteiger partial charge in [0, 0.05) is 49.6 Å². The van der Waals surface area contributed by atoms with Gasteiger partial charge in [-0.15, -0.1) is 5.10 Å². The minimum absolute atomic E-state index is 0.0934. The molecule has 0 amide bonds. The molecule has 5 heterocycles. The summed E-state index contributed by atoms with van der Waals surface area (Å²) in [6, 6.07) is 7.79. The number of hydrogen-bond acceptors (Lipinski definition) is 11. The number of ether oxygens (including phenoxy) is 4. The Bertz CT molecular complexity index is 1630. The van der Waals surface area contributed by atoms with Gasteiger partial charge in [-0.3, -0.25) is 9.58 Å². The van der Waals surface area contributed by atoms with E-state index in [1.807, 2.05) is 38.2 Å². The Labute approximate surface area is 292 Å². The molecule has 13 nitrogen and oxygen atoms in total. The van der Waals surface area contributed by atoms with E-state index in [4.69, 9.17) is 35.6 Å². The second-order valence-corrected chi connectivity index (χ2v) is 13.9. The number of anilines is 2. The summed E-state index contributed by atoms with van der Waals surface area (Å²) >= 11 is 6.48.